The van der Waals surface area contributed by atoms with Crippen LogP contribution in [0.3, 0.4) is 0 Å². The monoisotopic (exact) mass is 481 g/mol. The summed E-state index contributed by atoms with van der Waals surface area (Å²) in [7, 11) is -4.14. The summed E-state index contributed by atoms with van der Waals surface area (Å²) in [4.78, 5) is -0.261. The molecule has 11 heteroatoms. The molecule has 3 rings (SSSR count). The second kappa shape index (κ2) is 7.42. The molecule has 1 heterocycles. The van der Waals surface area contributed by atoms with Crippen LogP contribution < -0.4 is 0 Å². The molecule has 154 valence electrons. The van der Waals surface area contributed by atoms with E-state index in [1.807, 2.05) is 0 Å². The van der Waals surface area contributed by atoms with Crippen LogP contribution in [-0.2, 0) is 16.2 Å². The molecular weight excluding hydrogens is 463 g/mol. The largest absolute Gasteiger partial charge is 0.423 e. The third kappa shape index (κ3) is 4.11. The molecule has 0 bridgehead atoms. The van der Waals surface area contributed by atoms with Crippen LogP contribution in [0, 0.1) is 0 Å². The zero-order valence-corrected chi connectivity index (χ0v) is 17.8. The van der Waals surface area contributed by atoms with Crippen molar-refractivity contribution in [2.24, 2.45) is 0 Å². The zero-order valence-electron chi connectivity index (χ0n) is 15.4. The molecule has 1 fully saturated rings. The predicted molar refractivity (Wildman–Crippen MR) is 98.0 cm³/mol. The van der Waals surface area contributed by atoms with Crippen LogP contribution in [0.15, 0.2) is 32.0 Å². The van der Waals surface area contributed by atoms with Gasteiger partial charge in [-0.3, -0.25) is 0 Å². The van der Waals surface area contributed by atoms with Crippen LogP contribution in [-0.4, -0.2) is 29.0 Å². The van der Waals surface area contributed by atoms with E-state index in [0.29, 0.717) is 5.89 Å². The van der Waals surface area contributed by atoms with E-state index in [1.165, 1.54) is 0 Å². The average Bonchev–Trinajstić information content (AvgIpc) is 3.30. The summed E-state index contributed by atoms with van der Waals surface area (Å²) < 4.78 is 71.8. The second-order valence-electron chi connectivity index (χ2n) is 7.00. The summed E-state index contributed by atoms with van der Waals surface area (Å²) in [6.45, 7) is 4.95. The summed E-state index contributed by atoms with van der Waals surface area (Å²) in [5.74, 6) is 0.863. The Labute approximate surface area is 169 Å². The molecule has 1 aliphatic rings. The third-order valence-electron chi connectivity index (χ3n) is 4.45. The molecule has 1 aromatic heterocycles. The normalized spacial score (nSPS) is 16.8. The minimum absolute atomic E-state index is 0.155. The Balaban J connectivity index is 1.98. The van der Waals surface area contributed by atoms with Crippen molar-refractivity contribution in [2.45, 2.75) is 62.7 Å². The van der Waals surface area contributed by atoms with E-state index in [4.69, 9.17) is 4.42 Å². The number of nitrogens with zero attached hydrogens (tertiary/aromatic N) is 3. The lowest BCUT2D eigenvalue weighted by Crippen LogP contribution is -2.39. The van der Waals surface area contributed by atoms with E-state index in [0.717, 1.165) is 35.3 Å². The lowest BCUT2D eigenvalue weighted by Gasteiger charge is -2.30. The highest BCUT2D eigenvalue weighted by atomic mass is 79.9. The van der Waals surface area contributed by atoms with Gasteiger partial charge in [0.05, 0.1) is 10.5 Å². The summed E-state index contributed by atoms with van der Waals surface area (Å²) in [6.07, 6.45) is -2.65. The smallest absolute Gasteiger partial charge is 0.416 e. The van der Waals surface area contributed by atoms with Crippen LogP contribution >= 0.6 is 15.9 Å². The Hall–Kier alpha value is -1.46. The van der Waals surface area contributed by atoms with Gasteiger partial charge in [0.2, 0.25) is 21.8 Å². The molecule has 6 nitrogen and oxygen atoms in total. The predicted octanol–water partition coefficient (Wildman–Crippen LogP) is 4.89. The number of halogens is 4. The number of aromatic nitrogens is 2. The zero-order chi connectivity index (χ0) is 20.9. The van der Waals surface area contributed by atoms with Crippen LogP contribution in [0.25, 0.3) is 0 Å². The molecular formula is C17H19BrF3N3O3S. The van der Waals surface area contributed by atoms with Crippen molar-refractivity contribution in [1.29, 1.82) is 0 Å². The summed E-state index contributed by atoms with van der Waals surface area (Å²) >= 11 is 2.97. The van der Waals surface area contributed by atoms with Crippen molar-refractivity contribution in [3.63, 3.8) is 0 Å². The van der Waals surface area contributed by atoms with Crippen LogP contribution in [0.5, 0.6) is 0 Å². The molecule has 1 saturated carbocycles. The minimum atomic E-state index is -4.57. The van der Waals surface area contributed by atoms with Crippen molar-refractivity contribution >= 4 is 26.0 Å². The number of rotatable bonds is 6. The van der Waals surface area contributed by atoms with Gasteiger partial charge in [-0.05, 0) is 67.7 Å². The highest BCUT2D eigenvalue weighted by Crippen LogP contribution is 2.41. The fourth-order valence-corrected chi connectivity index (χ4v) is 5.78. The number of sulfonamides is 1. The first-order chi connectivity index (χ1) is 12.9. The quantitative estimate of drug-likeness (QED) is 0.586. The summed E-state index contributed by atoms with van der Waals surface area (Å²) in [5, 5.41) is 7.95. The Morgan fingerprint density at radius 1 is 1.21 bits per heavy atom. The van der Waals surface area contributed by atoms with Gasteiger partial charge < -0.3 is 4.42 Å². The van der Waals surface area contributed by atoms with E-state index < -0.39 is 33.8 Å². The Morgan fingerprint density at radius 3 is 2.36 bits per heavy atom. The van der Waals surface area contributed by atoms with Crippen LogP contribution in [0.2, 0.25) is 0 Å². The molecule has 0 N–H and O–H groups in total. The Kier molecular flexibility index (Phi) is 5.63. The van der Waals surface area contributed by atoms with Gasteiger partial charge in [0.25, 0.3) is 0 Å². The molecule has 0 spiro atoms. The second-order valence-corrected chi connectivity index (χ2v) is 9.67. The van der Waals surface area contributed by atoms with E-state index in [-0.39, 0.29) is 21.2 Å². The first kappa shape index (κ1) is 21.3. The number of hydrogen-bond acceptors (Lipinski definition) is 5. The average molecular weight is 482 g/mol. The highest BCUT2D eigenvalue weighted by Gasteiger charge is 2.38. The van der Waals surface area contributed by atoms with Crippen LogP contribution in [0.4, 0.5) is 13.2 Å². The SMILES string of the molecule is CC(C)N([C@@H](C)c1nnc(C2CC2)o1)S(=O)(=O)c1ccc(C(F)(F)F)cc1Br. The van der Waals surface area contributed by atoms with Gasteiger partial charge >= 0.3 is 6.18 Å². The molecule has 1 aliphatic carbocycles. The number of alkyl halides is 3. The van der Waals surface area contributed by atoms with Crippen molar-refractivity contribution in [3.8, 4) is 0 Å². The molecule has 2 aromatic rings. The van der Waals surface area contributed by atoms with Gasteiger partial charge in [-0.25, -0.2) is 8.42 Å². The van der Waals surface area contributed by atoms with Crippen molar-refractivity contribution < 1.29 is 26.0 Å². The third-order valence-corrected chi connectivity index (χ3v) is 7.57. The van der Waals surface area contributed by atoms with E-state index >= 15 is 0 Å². The summed E-state index contributed by atoms with van der Waals surface area (Å²) in [6, 6.07) is 1.19. The van der Waals surface area contributed by atoms with Gasteiger partial charge in [-0.1, -0.05) is 0 Å². The molecule has 0 unspecified atom stereocenters. The molecule has 28 heavy (non-hydrogen) atoms. The molecule has 0 aliphatic heterocycles. The van der Waals surface area contributed by atoms with Crippen molar-refractivity contribution in [3.05, 3.63) is 40.0 Å². The van der Waals surface area contributed by atoms with E-state index in [2.05, 4.69) is 26.1 Å². The molecule has 0 radical (unpaired) electrons. The first-order valence-corrected chi connectivity index (χ1v) is 10.9. The number of hydrogen-bond donors (Lipinski definition) is 0. The molecule has 0 saturated heterocycles. The maximum atomic E-state index is 13.2. The number of benzene rings is 1. The lowest BCUT2D eigenvalue weighted by atomic mass is 10.2. The minimum Gasteiger partial charge on any atom is -0.423 e. The van der Waals surface area contributed by atoms with Crippen molar-refractivity contribution in [1.82, 2.24) is 14.5 Å². The molecule has 1 aromatic carbocycles. The molecule has 0 amide bonds. The van der Waals surface area contributed by atoms with E-state index in [1.54, 1.807) is 20.8 Å². The van der Waals surface area contributed by atoms with E-state index in [9.17, 15) is 21.6 Å². The van der Waals surface area contributed by atoms with Gasteiger partial charge in [-0.2, -0.15) is 17.5 Å². The first-order valence-electron chi connectivity index (χ1n) is 8.66. The van der Waals surface area contributed by atoms with Crippen molar-refractivity contribution in [2.75, 3.05) is 0 Å². The van der Waals surface area contributed by atoms with Gasteiger partial charge in [0, 0.05) is 16.4 Å². The standard InChI is InChI=1S/C17H19BrF3N3O3S/c1-9(2)24(10(3)15-22-23-16(27-15)11-4-5-11)28(25,26)14-7-6-12(8-13(14)18)17(19,20)21/h6-11H,4-5H2,1-3H3/t10-/m0/s1. The Morgan fingerprint density at radius 2 is 1.86 bits per heavy atom. The lowest BCUT2D eigenvalue weighted by molar-refractivity contribution is -0.137. The maximum Gasteiger partial charge on any atom is 0.416 e. The Bertz CT molecular complexity index is 972. The molecule has 1 atom stereocenters. The van der Waals surface area contributed by atoms with Gasteiger partial charge in [-0.15, -0.1) is 10.2 Å². The highest BCUT2D eigenvalue weighted by molar-refractivity contribution is 9.10. The maximum absolute atomic E-state index is 13.2. The topological polar surface area (TPSA) is 76.3 Å². The van der Waals surface area contributed by atoms with Gasteiger partial charge in [0.15, 0.2) is 0 Å². The van der Waals surface area contributed by atoms with Crippen LogP contribution in [0.1, 0.15) is 62.9 Å². The van der Waals surface area contributed by atoms with Gasteiger partial charge in [0.1, 0.15) is 6.04 Å². The fraction of sp³-hybridized carbons (Fsp3) is 0.529. The summed E-state index contributed by atoms with van der Waals surface area (Å²) in [5.41, 5.74) is -0.937. The fourth-order valence-electron chi connectivity index (χ4n) is 2.95.